The molecule has 0 spiro atoms. The van der Waals surface area contributed by atoms with Gasteiger partial charge >= 0.3 is 12.1 Å². The summed E-state index contributed by atoms with van der Waals surface area (Å²) in [4.78, 5) is 42.8. The first-order valence-electron chi connectivity index (χ1n) is 16.5. The number of nitrogens with zero attached hydrogens (tertiary/aromatic N) is 1. The highest BCUT2D eigenvalue weighted by Crippen LogP contribution is 2.50. The van der Waals surface area contributed by atoms with Crippen LogP contribution in [0.4, 0.5) is 13.2 Å². The van der Waals surface area contributed by atoms with Crippen molar-refractivity contribution in [1.82, 2.24) is 10.2 Å². The molecule has 258 valence electrons. The van der Waals surface area contributed by atoms with E-state index in [9.17, 15) is 27.6 Å². The van der Waals surface area contributed by atoms with Crippen molar-refractivity contribution in [3.05, 3.63) is 94.7 Å². The van der Waals surface area contributed by atoms with Crippen LogP contribution in [-0.4, -0.2) is 55.2 Å². The van der Waals surface area contributed by atoms with Gasteiger partial charge in [-0.2, -0.15) is 13.2 Å². The van der Waals surface area contributed by atoms with E-state index in [0.717, 1.165) is 43.4 Å². The Morgan fingerprint density at radius 1 is 1.08 bits per heavy atom. The zero-order valence-electron chi connectivity index (χ0n) is 27.4. The highest BCUT2D eigenvalue weighted by Gasteiger charge is 2.59. The van der Waals surface area contributed by atoms with E-state index in [4.69, 9.17) is 14.2 Å². The number of alkyl halides is 3. The van der Waals surface area contributed by atoms with Gasteiger partial charge in [-0.25, -0.2) is 0 Å². The van der Waals surface area contributed by atoms with Crippen molar-refractivity contribution >= 4 is 17.8 Å². The number of nitrogens with one attached hydrogen (secondary N) is 1. The molecule has 2 heterocycles. The highest BCUT2D eigenvalue weighted by atomic mass is 19.4. The van der Waals surface area contributed by atoms with Crippen molar-refractivity contribution in [3.63, 3.8) is 0 Å². The Hall–Kier alpha value is -3.96. The average Bonchev–Trinajstić information content (AvgIpc) is 3.08. The number of hydrogen-bond acceptors (Lipinski definition) is 6. The van der Waals surface area contributed by atoms with Crippen molar-refractivity contribution in [1.29, 1.82) is 0 Å². The van der Waals surface area contributed by atoms with Crippen LogP contribution in [-0.2, 0) is 47.9 Å². The molecule has 4 atom stereocenters. The van der Waals surface area contributed by atoms with Crippen molar-refractivity contribution in [3.8, 4) is 0 Å². The van der Waals surface area contributed by atoms with E-state index in [2.05, 4.69) is 11.4 Å². The van der Waals surface area contributed by atoms with Gasteiger partial charge in [-0.05, 0) is 74.8 Å². The summed E-state index contributed by atoms with van der Waals surface area (Å²) in [5.41, 5.74) is 0.871. The number of methoxy groups -OCH3 is 1. The monoisotopic (exact) mass is 668 g/mol. The fourth-order valence-corrected chi connectivity index (χ4v) is 6.99. The molecule has 0 bridgehead atoms. The number of ether oxygens (including phenoxy) is 3. The molecule has 2 aromatic carbocycles. The molecule has 1 fully saturated rings. The standard InChI is InChI=1S/C37H43F3N2O6/c1-25-36(35(45)46-2)21-29(19-33(43)41-22-28-14-9-15-30(18-28)37(38,39)40)34(44)42(17-16-26-10-5-3-6-11-26)32(36)20-31(48-25)24-47-23-27-12-7-4-8-13-27/h4,7-10,12-15,18,20,25,29,31H,3,5-6,11,16-17,19,21-24H2,1-2H3,(H,41,43)/t25-,29-,31-,36+/m0/s1. The maximum absolute atomic E-state index is 14.2. The summed E-state index contributed by atoms with van der Waals surface area (Å²) in [5, 5.41) is 2.66. The summed E-state index contributed by atoms with van der Waals surface area (Å²) in [6, 6.07) is 14.4. The Morgan fingerprint density at radius 3 is 2.56 bits per heavy atom. The summed E-state index contributed by atoms with van der Waals surface area (Å²) >= 11 is 0. The molecule has 8 nitrogen and oxygen atoms in total. The van der Waals surface area contributed by atoms with Crippen LogP contribution in [0.3, 0.4) is 0 Å². The van der Waals surface area contributed by atoms with Crippen molar-refractivity contribution in [2.24, 2.45) is 11.3 Å². The van der Waals surface area contributed by atoms with Gasteiger partial charge in [0.1, 0.15) is 11.5 Å². The smallest absolute Gasteiger partial charge is 0.416 e. The normalized spacial score (nSPS) is 24.3. The average molecular weight is 669 g/mol. The van der Waals surface area contributed by atoms with E-state index in [1.54, 1.807) is 17.9 Å². The summed E-state index contributed by atoms with van der Waals surface area (Å²) < 4.78 is 57.3. The first-order valence-corrected chi connectivity index (χ1v) is 16.5. The molecular weight excluding hydrogens is 625 g/mol. The summed E-state index contributed by atoms with van der Waals surface area (Å²) in [6.45, 7) is 2.53. The zero-order chi connectivity index (χ0) is 34.3. The molecule has 0 saturated carbocycles. The number of amides is 2. The lowest BCUT2D eigenvalue weighted by Crippen LogP contribution is -2.60. The number of hydrogen-bond donors (Lipinski definition) is 1. The topological polar surface area (TPSA) is 94.2 Å². The number of rotatable bonds is 12. The largest absolute Gasteiger partial charge is 0.468 e. The predicted molar refractivity (Wildman–Crippen MR) is 172 cm³/mol. The van der Waals surface area contributed by atoms with Crippen molar-refractivity contribution in [2.45, 2.75) is 83.4 Å². The highest BCUT2D eigenvalue weighted by molar-refractivity contribution is 5.92. The van der Waals surface area contributed by atoms with Gasteiger partial charge in [0, 0.05) is 31.1 Å². The molecule has 1 saturated heterocycles. The quantitative estimate of drug-likeness (QED) is 0.205. The SMILES string of the molecule is COC(=O)[C@@]12C[C@H](CC(=O)NCc3cccc(C(F)(F)F)c3)C(=O)N(CCC3=CCCCC3)C1=C[C@@H](COCc1ccccc1)O[C@H]2C. The van der Waals surface area contributed by atoms with Crippen LogP contribution in [0, 0.1) is 11.3 Å². The van der Waals surface area contributed by atoms with E-state index in [-0.39, 0.29) is 37.5 Å². The van der Waals surface area contributed by atoms with Gasteiger partial charge in [0.15, 0.2) is 0 Å². The fraction of sp³-hybridized carbons (Fsp3) is 0.486. The van der Waals surface area contributed by atoms with Crippen LogP contribution in [0.15, 0.2) is 78.0 Å². The zero-order valence-corrected chi connectivity index (χ0v) is 27.4. The summed E-state index contributed by atoms with van der Waals surface area (Å²) in [6.07, 6.45) is 2.74. The molecule has 2 aliphatic heterocycles. The number of carbonyl (C=O) groups is 3. The van der Waals surface area contributed by atoms with E-state index in [1.807, 2.05) is 30.3 Å². The van der Waals surface area contributed by atoms with Crippen LogP contribution in [0.2, 0.25) is 0 Å². The Labute approximate surface area is 279 Å². The predicted octanol–water partition coefficient (Wildman–Crippen LogP) is 6.50. The molecule has 5 rings (SSSR count). The molecule has 2 amide bonds. The van der Waals surface area contributed by atoms with Gasteiger partial charge in [-0.3, -0.25) is 14.4 Å². The maximum Gasteiger partial charge on any atom is 0.416 e. The van der Waals surface area contributed by atoms with Crippen LogP contribution in [0.1, 0.15) is 68.6 Å². The third-order valence-electron chi connectivity index (χ3n) is 9.51. The minimum Gasteiger partial charge on any atom is -0.468 e. The van der Waals surface area contributed by atoms with Crippen LogP contribution in [0.5, 0.6) is 0 Å². The lowest BCUT2D eigenvalue weighted by atomic mass is 9.66. The second-order valence-corrected chi connectivity index (χ2v) is 12.8. The molecule has 48 heavy (non-hydrogen) atoms. The second kappa shape index (κ2) is 15.5. The number of piperidine rings is 1. The van der Waals surface area contributed by atoms with Gasteiger partial charge < -0.3 is 24.4 Å². The van der Waals surface area contributed by atoms with Crippen molar-refractivity contribution < 1.29 is 41.8 Å². The minimum atomic E-state index is -4.51. The summed E-state index contributed by atoms with van der Waals surface area (Å²) in [5.74, 6) is -2.25. The van der Waals surface area contributed by atoms with E-state index >= 15 is 0 Å². The first kappa shape index (κ1) is 35.3. The Bertz CT molecular complexity index is 1520. The Morgan fingerprint density at radius 2 is 1.85 bits per heavy atom. The third kappa shape index (κ3) is 8.18. The van der Waals surface area contributed by atoms with Gasteiger partial charge in [0.05, 0.1) is 32.0 Å². The van der Waals surface area contributed by atoms with Crippen molar-refractivity contribution in [2.75, 3.05) is 20.3 Å². The molecular formula is C37H43F3N2O6. The molecule has 1 N–H and O–H groups in total. The number of carbonyl (C=O) groups excluding carboxylic acids is 3. The van der Waals surface area contributed by atoms with Gasteiger partial charge in [0.25, 0.3) is 0 Å². The number of likely N-dealkylation sites (tertiary alicyclic amines) is 1. The molecule has 2 aromatic rings. The fourth-order valence-electron chi connectivity index (χ4n) is 6.99. The summed E-state index contributed by atoms with van der Waals surface area (Å²) in [7, 11) is 1.29. The molecule has 0 aromatic heterocycles. The molecule has 1 aliphatic carbocycles. The number of benzene rings is 2. The van der Waals surface area contributed by atoms with E-state index in [0.29, 0.717) is 25.3 Å². The number of allylic oxidation sites excluding steroid dienone is 1. The van der Waals surface area contributed by atoms with Crippen LogP contribution < -0.4 is 5.32 Å². The number of halogens is 3. The van der Waals surface area contributed by atoms with Crippen LogP contribution in [0.25, 0.3) is 0 Å². The Kier molecular flexibility index (Phi) is 11.4. The lowest BCUT2D eigenvalue weighted by molar-refractivity contribution is -0.178. The minimum absolute atomic E-state index is 0.0146. The number of esters is 1. The molecule has 11 heteroatoms. The maximum atomic E-state index is 14.2. The lowest BCUT2D eigenvalue weighted by Gasteiger charge is -2.51. The third-order valence-corrected chi connectivity index (χ3v) is 9.51. The van der Waals surface area contributed by atoms with Gasteiger partial charge in [0.2, 0.25) is 11.8 Å². The molecule has 0 unspecified atom stereocenters. The van der Waals surface area contributed by atoms with E-state index in [1.165, 1.54) is 24.8 Å². The van der Waals surface area contributed by atoms with E-state index < -0.39 is 47.2 Å². The number of fused-ring (bicyclic) bond motifs is 1. The van der Waals surface area contributed by atoms with Gasteiger partial charge in [-0.15, -0.1) is 0 Å². The van der Waals surface area contributed by atoms with Gasteiger partial charge in [-0.1, -0.05) is 54.1 Å². The second-order valence-electron chi connectivity index (χ2n) is 12.8. The Balaban J connectivity index is 1.38. The molecule has 3 aliphatic rings. The molecule has 0 radical (unpaired) electrons. The first-order chi connectivity index (χ1) is 23.0. The van der Waals surface area contributed by atoms with Crippen LogP contribution >= 0.6 is 0 Å².